The van der Waals surface area contributed by atoms with Gasteiger partial charge in [-0.25, -0.2) is 5.11 Å². The molecule has 0 heterocycles. The Morgan fingerprint density at radius 1 is 1.29 bits per heavy atom. The van der Waals surface area contributed by atoms with Crippen LogP contribution in [0.15, 0.2) is 0 Å². The lowest BCUT2D eigenvalue weighted by Crippen LogP contribution is -2.11. The standard InChI is InChI=1S/C2H8N2.C2H5O/c3-1-2-4;1-2-3/h1-4H2;2H2,1H3. The summed E-state index contributed by atoms with van der Waals surface area (Å²) in [6.45, 7) is 2.76. The van der Waals surface area contributed by atoms with Gasteiger partial charge in [-0.15, -0.1) is 0 Å². The van der Waals surface area contributed by atoms with Crippen LogP contribution in [0.25, 0.3) is 0 Å². The van der Waals surface area contributed by atoms with Gasteiger partial charge in [0.2, 0.25) is 0 Å². The molecule has 0 rings (SSSR count). The van der Waals surface area contributed by atoms with Crippen LogP contribution in [0.4, 0.5) is 0 Å². The Morgan fingerprint density at radius 2 is 1.43 bits per heavy atom. The first-order valence-electron chi connectivity index (χ1n) is 2.31. The van der Waals surface area contributed by atoms with Crippen molar-refractivity contribution in [2.45, 2.75) is 6.92 Å². The second kappa shape index (κ2) is 16.9. The van der Waals surface area contributed by atoms with Gasteiger partial charge in [0.15, 0.2) is 0 Å². The van der Waals surface area contributed by atoms with Crippen LogP contribution in [0.3, 0.4) is 0 Å². The fraction of sp³-hybridized carbons (Fsp3) is 1.00. The molecule has 0 unspecified atom stereocenters. The van der Waals surface area contributed by atoms with E-state index in [1.54, 1.807) is 6.92 Å². The molecule has 0 fully saturated rings. The van der Waals surface area contributed by atoms with E-state index in [1.807, 2.05) is 0 Å². The first kappa shape index (κ1) is 9.99. The van der Waals surface area contributed by atoms with Crippen LogP contribution in [0.1, 0.15) is 6.92 Å². The molecule has 0 saturated carbocycles. The van der Waals surface area contributed by atoms with Crippen LogP contribution in [0.5, 0.6) is 0 Å². The number of hydrogen-bond donors (Lipinski definition) is 2. The molecular weight excluding hydrogens is 92.1 g/mol. The summed E-state index contributed by atoms with van der Waals surface area (Å²) in [5.41, 5.74) is 9.81. The Balaban J connectivity index is 0. The van der Waals surface area contributed by atoms with Gasteiger partial charge in [0, 0.05) is 13.1 Å². The van der Waals surface area contributed by atoms with Gasteiger partial charge in [0.05, 0.1) is 6.61 Å². The van der Waals surface area contributed by atoms with Gasteiger partial charge in [-0.1, -0.05) is 0 Å². The first-order chi connectivity index (χ1) is 3.33. The Morgan fingerprint density at radius 3 is 1.43 bits per heavy atom. The maximum atomic E-state index is 8.93. The van der Waals surface area contributed by atoms with Crippen molar-refractivity contribution >= 4 is 0 Å². The van der Waals surface area contributed by atoms with Crippen molar-refractivity contribution in [1.82, 2.24) is 0 Å². The lowest BCUT2D eigenvalue weighted by molar-refractivity contribution is 0.212. The highest BCUT2D eigenvalue weighted by atomic mass is 16.2. The number of nitrogens with two attached hydrogens (primary N) is 2. The Hall–Kier alpha value is -0.120. The zero-order valence-corrected chi connectivity index (χ0v) is 4.68. The smallest absolute Gasteiger partial charge is 0.0794 e. The summed E-state index contributed by atoms with van der Waals surface area (Å²) in [5.74, 6) is 0. The Kier molecular flexibility index (Phi) is 24.1. The zero-order valence-electron chi connectivity index (χ0n) is 4.68. The molecule has 3 heteroatoms. The average Bonchev–Trinajstić information content (AvgIpc) is 1.69. The largest absolute Gasteiger partial charge is 0.329 e. The minimum atomic E-state index is 0. The molecule has 4 N–H and O–H groups in total. The van der Waals surface area contributed by atoms with Gasteiger partial charge in [0.25, 0.3) is 0 Å². The monoisotopic (exact) mass is 105 g/mol. The van der Waals surface area contributed by atoms with Gasteiger partial charge < -0.3 is 11.5 Å². The summed E-state index contributed by atoms with van der Waals surface area (Å²) < 4.78 is 0. The second-order valence-corrected chi connectivity index (χ2v) is 0.866. The molecule has 0 aromatic rings. The van der Waals surface area contributed by atoms with Gasteiger partial charge in [-0.3, -0.25) is 0 Å². The van der Waals surface area contributed by atoms with Crippen molar-refractivity contribution < 1.29 is 5.11 Å². The molecule has 0 aliphatic rings. The predicted octanol–water partition coefficient (Wildman–Crippen LogP) is -0.659. The van der Waals surface area contributed by atoms with Crippen molar-refractivity contribution in [2.75, 3.05) is 19.7 Å². The molecule has 7 heavy (non-hydrogen) atoms. The average molecular weight is 105 g/mol. The minimum absolute atomic E-state index is 0. The van der Waals surface area contributed by atoms with E-state index in [4.69, 9.17) is 16.6 Å². The van der Waals surface area contributed by atoms with Crippen molar-refractivity contribution in [1.29, 1.82) is 0 Å². The highest BCUT2D eigenvalue weighted by Gasteiger charge is 1.54. The normalized spacial score (nSPS) is 6.86. The van der Waals surface area contributed by atoms with Gasteiger partial charge >= 0.3 is 0 Å². The molecule has 45 valence electrons. The lowest BCUT2D eigenvalue weighted by atomic mass is 10.7. The number of hydrogen-bond acceptors (Lipinski definition) is 2. The van der Waals surface area contributed by atoms with Crippen LogP contribution in [-0.2, 0) is 5.11 Å². The van der Waals surface area contributed by atoms with E-state index in [0.717, 1.165) is 0 Å². The minimum Gasteiger partial charge on any atom is -0.329 e. The van der Waals surface area contributed by atoms with E-state index in [9.17, 15) is 0 Å². The predicted molar refractivity (Wildman–Crippen MR) is 29.3 cm³/mol. The molecule has 0 bridgehead atoms. The van der Waals surface area contributed by atoms with E-state index < -0.39 is 0 Å². The summed E-state index contributed by atoms with van der Waals surface area (Å²) in [4.78, 5) is 0. The third kappa shape index (κ3) is 114. The summed E-state index contributed by atoms with van der Waals surface area (Å²) in [7, 11) is 0. The molecule has 0 saturated heterocycles. The molecule has 3 nitrogen and oxygen atoms in total. The lowest BCUT2D eigenvalue weighted by Gasteiger charge is -1.72. The van der Waals surface area contributed by atoms with Crippen LogP contribution in [-0.4, -0.2) is 19.7 Å². The molecule has 0 aromatic heterocycles. The zero-order chi connectivity index (χ0) is 6.12. The van der Waals surface area contributed by atoms with Crippen molar-refractivity contribution in [3.8, 4) is 0 Å². The van der Waals surface area contributed by atoms with Gasteiger partial charge in [-0.2, -0.15) is 0 Å². The molecule has 0 atom stereocenters. The quantitative estimate of drug-likeness (QED) is 0.464. The van der Waals surface area contributed by atoms with Crippen molar-refractivity contribution in [3.05, 3.63) is 0 Å². The summed E-state index contributed by atoms with van der Waals surface area (Å²) in [6, 6.07) is 0. The van der Waals surface area contributed by atoms with Gasteiger partial charge in [0.1, 0.15) is 0 Å². The van der Waals surface area contributed by atoms with E-state index in [2.05, 4.69) is 0 Å². The first-order valence-corrected chi connectivity index (χ1v) is 2.31. The van der Waals surface area contributed by atoms with Crippen LogP contribution < -0.4 is 11.5 Å². The van der Waals surface area contributed by atoms with E-state index in [1.165, 1.54) is 0 Å². The van der Waals surface area contributed by atoms with E-state index in [0.29, 0.717) is 13.1 Å². The SMILES string of the molecule is CC[O].NCCN. The van der Waals surface area contributed by atoms with Crippen molar-refractivity contribution in [2.24, 2.45) is 11.5 Å². The molecule has 0 spiro atoms. The number of rotatable bonds is 1. The topological polar surface area (TPSA) is 71.9 Å². The summed E-state index contributed by atoms with van der Waals surface area (Å²) in [5, 5.41) is 8.93. The maximum absolute atomic E-state index is 8.93. The highest BCUT2D eigenvalue weighted by molar-refractivity contribution is 4.26. The Labute approximate surface area is 44.3 Å². The third-order valence-corrected chi connectivity index (χ3v) is 0.167. The fourth-order valence-electron chi connectivity index (χ4n) is 0. The van der Waals surface area contributed by atoms with Crippen LogP contribution in [0.2, 0.25) is 0 Å². The van der Waals surface area contributed by atoms with Gasteiger partial charge in [-0.05, 0) is 6.92 Å². The third-order valence-electron chi connectivity index (χ3n) is 0.167. The summed E-state index contributed by atoms with van der Waals surface area (Å²) in [6.07, 6.45) is 0. The fourth-order valence-corrected chi connectivity index (χ4v) is 0. The molecule has 0 aromatic carbocycles. The van der Waals surface area contributed by atoms with Crippen LogP contribution >= 0.6 is 0 Å². The van der Waals surface area contributed by atoms with Crippen molar-refractivity contribution in [3.63, 3.8) is 0 Å². The molecule has 0 amide bonds. The molecular formula is C4H13N2O. The molecule has 1 radical (unpaired) electrons. The second-order valence-electron chi connectivity index (χ2n) is 0.866. The molecule has 0 aliphatic carbocycles. The van der Waals surface area contributed by atoms with E-state index in [-0.39, 0.29) is 6.61 Å². The summed E-state index contributed by atoms with van der Waals surface area (Å²) >= 11 is 0. The molecule has 0 aliphatic heterocycles. The Bertz CT molecular complexity index is 17.2. The van der Waals surface area contributed by atoms with E-state index >= 15 is 0 Å². The van der Waals surface area contributed by atoms with Crippen LogP contribution in [0, 0.1) is 0 Å². The highest BCUT2D eigenvalue weighted by Crippen LogP contribution is 1.33. The maximum Gasteiger partial charge on any atom is 0.0794 e.